The van der Waals surface area contributed by atoms with Crippen LogP contribution in [-0.2, 0) is 8.85 Å². The van der Waals surface area contributed by atoms with Gasteiger partial charge in [0.15, 0.2) is 0 Å². The van der Waals surface area contributed by atoms with Crippen molar-refractivity contribution in [3.05, 3.63) is 35.4 Å². The highest BCUT2D eigenvalue weighted by Gasteiger charge is 2.17. The Morgan fingerprint density at radius 3 is 1.40 bits per heavy atom. The van der Waals surface area contributed by atoms with Gasteiger partial charge in [0.25, 0.3) is 16.6 Å². The molecule has 1 rings (SSSR count). The van der Waals surface area contributed by atoms with Gasteiger partial charge in [0, 0.05) is 25.3 Å². The Labute approximate surface area is 124 Å². The topological polar surface area (TPSA) is 18.5 Å². The number of hydrogen-bond donors (Lipinski definition) is 0. The maximum Gasteiger partial charge on any atom is 0.265 e. The molecule has 20 heavy (non-hydrogen) atoms. The summed E-state index contributed by atoms with van der Waals surface area (Å²) >= 11 is 0. The Bertz CT molecular complexity index is 531. The summed E-state index contributed by atoms with van der Waals surface area (Å²) in [7, 11) is -0.306. The molecule has 1 aromatic rings. The van der Waals surface area contributed by atoms with Gasteiger partial charge >= 0.3 is 0 Å². The molecule has 0 aliphatic carbocycles. The van der Waals surface area contributed by atoms with Crippen LogP contribution >= 0.6 is 0 Å². The molecule has 4 heteroatoms. The van der Waals surface area contributed by atoms with Gasteiger partial charge in [0.2, 0.25) is 0 Å². The van der Waals surface area contributed by atoms with E-state index in [1.165, 1.54) is 0 Å². The molecular formula is C16H22O2Si2. The van der Waals surface area contributed by atoms with Gasteiger partial charge < -0.3 is 8.85 Å². The van der Waals surface area contributed by atoms with Crippen molar-refractivity contribution in [2.75, 3.05) is 14.2 Å². The molecule has 0 heterocycles. The van der Waals surface area contributed by atoms with Gasteiger partial charge in [-0.25, -0.2) is 0 Å². The van der Waals surface area contributed by atoms with Crippen LogP contribution in [0.1, 0.15) is 11.1 Å². The standard InChI is InChI=1S/C16H22O2Si2/c1-17-19(3,4)13-11-15-9-7-8-10-16(15)12-14-20(5,6)18-2/h7-10H,1-6H3. The Balaban J connectivity index is 3.13. The van der Waals surface area contributed by atoms with Crippen LogP contribution in [0.15, 0.2) is 24.3 Å². The van der Waals surface area contributed by atoms with Crippen molar-refractivity contribution < 1.29 is 8.85 Å². The zero-order valence-electron chi connectivity index (χ0n) is 13.1. The van der Waals surface area contributed by atoms with E-state index in [9.17, 15) is 0 Å². The summed E-state index contributed by atoms with van der Waals surface area (Å²) in [5, 5.41) is 0. The summed E-state index contributed by atoms with van der Waals surface area (Å²) < 4.78 is 10.9. The van der Waals surface area contributed by atoms with Gasteiger partial charge in [-0.2, -0.15) is 0 Å². The first-order valence-corrected chi connectivity index (χ1v) is 12.4. The first-order chi connectivity index (χ1) is 9.29. The molecule has 0 unspecified atom stereocenters. The molecule has 0 spiro atoms. The highest BCUT2D eigenvalue weighted by molar-refractivity contribution is 6.79. The number of hydrogen-bond acceptors (Lipinski definition) is 2. The van der Waals surface area contributed by atoms with Crippen molar-refractivity contribution in [3.8, 4) is 22.9 Å². The quantitative estimate of drug-likeness (QED) is 0.617. The average Bonchev–Trinajstić information content (AvgIpc) is 2.44. The zero-order chi connectivity index (χ0) is 15.2. The van der Waals surface area contributed by atoms with E-state index in [1.54, 1.807) is 14.2 Å². The molecule has 0 saturated heterocycles. The van der Waals surface area contributed by atoms with E-state index in [4.69, 9.17) is 8.85 Å². The Hall–Kier alpha value is -1.31. The van der Waals surface area contributed by atoms with Crippen LogP contribution in [-0.4, -0.2) is 30.9 Å². The summed E-state index contributed by atoms with van der Waals surface area (Å²) in [5.41, 5.74) is 8.42. The van der Waals surface area contributed by atoms with E-state index in [-0.39, 0.29) is 0 Å². The van der Waals surface area contributed by atoms with Crippen LogP contribution in [0.4, 0.5) is 0 Å². The SMILES string of the molecule is CO[Si](C)(C)C#Cc1ccccc1C#C[Si](C)(C)OC. The largest absolute Gasteiger partial charge is 0.409 e. The third-order valence-corrected chi connectivity index (χ3v) is 6.44. The van der Waals surface area contributed by atoms with E-state index in [1.807, 2.05) is 24.3 Å². The van der Waals surface area contributed by atoms with Crippen molar-refractivity contribution >= 4 is 16.6 Å². The summed E-state index contributed by atoms with van der Waals surface area (Å²) in [5.74, 6) is 6.44. The zero-order valence-corrected chi connectivity index (χ0v) is 15.1. The van der Waals surface area contributed by atoms with E-state index >= 15 is 0 Å². The molecule has 1 aromatic carbocycles. The second-order valence-electron chi connectivity index (χ2n) is 5.47. The van der Waals surface area contributed by atoms with Crippen LogP contribution in [0.5, 0.6) is 0 Å². The molecule has 0 atom stereocenters. The minimum Gasteiger partial charge on any atom is -0.409 e. The minimum atomic E-state index is -1.87. The lowest BCUT2D eigenvalue weighted by Gasteiger charge is -2.11. The van der Waals surface area contributed by atoms with Crippen molar-refractivity contribution in [1.29, 1.82) is 0 Å². The lowest BCUT2D eigenvalue weighted by molar-refractivity contribution is 0.417. The smallest absolute Gasteiger partial charge is 0.265 e. The molecule has 0 amide bonds. The lowest BCUT2D eigenvalue weighted by atomic mass is 10.1. The van der Waals surface area contributed by atoms with Crippen LogP contribution in [0, 0.1) is 22.9 Å². The van der Waals surface area contributed by atoms with Gasteiger partial charge in [-0.05, 0) is 38.3 Å². The second kappa shape index (κ2) is 6.92. The summed E-state index contributed by atoms with van der Waals surface area (Å²) in [6, 6.07) is 7.96. The predicted octanol–water partition coefficient (Wildman–Crippen LogP) is 3.17. The molecule has 0 aliphatic rings. The molecule has 0 aromatic heterocycles. The molecule has 106 valence electrons. The van der Waals surface area contributed by atoms with E-state index < -0.39 is 16.6 Å². The average molecular weight is 303 g/mol. The highest BCUT2D eigenvalue weighted by Crippen LogP contribution is 2.08. The molecule has 0 saturated carbocycles. The number of rotatable bonds is 2. The third-order valence-electron chi connectivity index (χ3n) is 2.94. The summed E-state index contributed by atoms with van der Waals surface area (Å²) in [6.07, 6.45) is 0. The van der Waals surface area contributed by atoms with Gasteiger partial charge in [-0.15, -0.1) is 0 Å². The Morgan fingerprint density at radius 1 is 0.750 bits per heavy atom. The fourth-order valence-electron chi connectivity index (χ4n) is 1.24. The van der Waals surface area contributed by atoms with Crippen molar-refractivity contribution in [3.63, 3.8) is 0 Å². The van der Waals surface area contributed by atoms with Gasteiger partial charge in [-0.1, -0.05) is 35.1 Å². The number of benzene rings is 1. The maximum absolute atomic E-state index is 5.45. The summed E-state index contributed by atoms with van der Waals surface area (Å²) in [6.45, 7) is 8.31. The Morgan fingerprint density at radius 2 is 1.10 bits per heavy atom. The highest BCUT2D eigenvalue weighted by atomic mass is 28.4. The summed E-state index contributed by atoms with van der Waals surface area (Å²) in [4.78, 5) is 0. The second-order valence-corrected chi connectivity index (χ2v) is 12.8. The maximum atomic E-state index is 5.45. The fourth-order valence-corrected chi connectivity index (χ4v) is 2.31. The molecule has 0 aliphatic heterocycles. The molecular weight excluding hydrogens is 280 g/mol. The minimum absolute atomic E-state index is 0.957. The van der Waals surface area contributed by atoms with Crippen LogP contribution in [0.25, 0.3) is 0 Å². The third kappa shape index (κ3) is 5.36. The van der Waals surface area contributed by atoms with E-state index in [0.717, 1.165) is 11.1 Å². The van der Waals surface area contributed by atoms with Crippen LogP contribution in [0.2, 0.25) is 26.2 Å². The van der Waals surface area contributed by atoms with Crippen LogP contribution < -0.4 is 0 Å². The fraction of sp³-hybridized carbons (Fsp3) is 0.375. The molecule has 0 radical (unpaired) electrons. The van der Waals surface area contributed by atoms with Gasteiger partial charge in [-0.3, -0.25) is 0 Å². The predicted molar refractivity (Wildman–Crippen MR) is 89.2 cm³/mol. The Kier molecular flexibility index (Phi) is 5.79. The first kappa shape index (κ1) is 16.7. The molecule has 0 N–H and O–H groups in total. The van der Waals surface area contributed by atoms with Gasteiger partial charge in [0.1, 0.15) is 0 Å². The van der Waals surface area contributed by atoms with Gasteiger partial charge in [0.05, 0.1) is 0 Å². The van der Waals surface area contributed by atoms with Crippen molar-refractivity contribution in [1.82, 2.24) is 0 Å². The molecule has 2 nitrogen and oxygen atoms in total. The normalized spacial score (nSPS) is 11.1. The van der Waals surface area contributed by atoms with Crippen LogP contribution in [0.3, 0.4) is 0 Å². The van der Waals surface area contributed by atoms with E-state index in [2.05, 4.69) is 49.1 Å². The molecule has 0 fully saturated rings. The molecule has 0 bridgehead atoms. The first-order valence-electron chi connectivity index (χ1n) is 6.55. The van der Waals surface area contributed by atoms with E-state index in [0.29, 0.717) is 0 Å². The van der Waals surface area contributed by atoms with Crippen molar-refractivity contribution in [2.24, 2.45) is 0 Å². The van der Waals surface area contributed by atoms with Crippen molar-refractivity contribution in [2.45, 2.75) is 26.2 Å². The monoisotopic (exact) mass is 302 g/mol. The lowest BCUT2D eigenvalue weighted by Crippen LogP contribution is -2.26.